The second kappa shape index (κ2) is 6.84. The van der Waals surface area contributed by atoms with Gasteiger partial charge in [-0.2, -0.15) is 0 Å². The number of sulfonamides is 1. The van der Waals surface area contributed by atoms with Crippen molar-refractivity contribution in [1.29, 1.82) is 0 Å². The summed E-state index contributed by atoms with van der Waals surface area (Å²) in [6, 6.07) is 7.49. The van der Waals surface area contributed by atoms with Crippen LogP contribution in [0.3, 0.4) is 0 Å². The van der Waals surface area contributed by atoms with E-state index in [0.29, 0.717) is 18.2 Å². The lowest BCUT2D eigenvalue weighted by Crippen LogP contribution is -2.25. The molecule has 0 unspecified atom stereocenters. The summed E-state index contributed by atoms with van der Waals surface area (Å²) in [6.07, 6.45) is 1.56. The Hall–Kier alpha value is -1.70. The quantitative estimate of drug-likeness (QED) is 0.806. The summed E-state index contributed by atoms with van der Waals surface area (Å²) in [5.41, 5.74) is 1.80. The Morgan fingerprint density at radius 1 is 1.24 bits per heavy atom. The van der Waals surface area contributed by atoms with Gasteiger partial charge in [-0.25, -0.2) is 18.1 Å². The maximum Gasteiger partial charge on any atom is 0.216 e. The highest BCUT2D eigenvalue weighted by Gasteiger charge is 2.13. The number of hydrogen-bond acceptors (Lipinski definition) is 5. The van der Waals surface area contributed by atoms with Crippen LogP contribution in [0.25, 0.3) is 0 Å². The number of rotatable bonds is 7. The van der Waals surface area contributed by atoms with Gasteiger partial charge in [-0.05, 0) is 25.1 Å². The minimum absolute atomic E-state index is 0.0619. The van der Waals surface area contributed by atoms with Crippen molar-refractivity contribution in [2.75, 3.05) is 7.05 Å². The zero-order chi connectivity index (χ0) is 15.3. The molecule has 0 aliphatic carbocycles. The molecule has 6 nitrogen and oxygen atoms in total. The van der Waals surface area contributed by atoms with Crippen LogP contribution in [0.4, 0.5) is 0 Å². The molecule has 7 heteroatoms. The fourth-order valence-corrected chi connectivity index (χ4v) is 3.02. The van der Waals surface area contributed by atoms with Gasteiger partial charge in [0.2, 0.25) is 15.9 Å². The van der Waals surface area contributed by atoms with E-state index in [-0.39, 0.29) is 12.3 Å². The Balaban J connectivity index is 1.98. The summed E-state index contributed by atoms with van der Waals surface area (Å²) in [5, 5.41) is 3.04. The molecule has 0 amide bonds. The van der Waals surface area contributed by atoms with E-state index in [1.165, 1.54) is 0 Å². The lowest BCUT2D eigenvalue weighted by Gasteiger charge is -2.07. The zero-order valence-corrected chi connectivity index (χ0v) is 12.9. The van der Waals surface area contributed by atoms with E-state index in [0.717, 1.165) is 11.1 Å². The van der Waals surface area contributed by atoms with E-state index in [2.05, 4.69) is 15.0 Å². The molecule has 0 radical (unpaired) electrons. The van der Waals surface area contributed by atoms with Gasteiger partial charge in [0.25, 0.3) is 0 Å². The maximum absolute atomic E-state index is 12.1. The normalized spacial score (nSPS) is 11.7. The number of hydrogen-bond donors (Lipinski definition) is 2. The highest BCUT2D eigenvalue weighted by Crippen LogP contribution is 2.09. The second-order valence-corrected chi connectivity index (χ2v) is 6.60. The first-order valence-corrected chi connectivity index (χ1v) is 8.25. The van der Waals surface area contributed by atoms with E-state index in [1.54, 1.807) is 19.2 Å². The van der Waals surface area contributed by atoms with Gasteiger partial charge in [0, 0.05) is 6.54 Å². The van der Waals surface area contributed by atoms with Crippen LogP contribution in [0.1, 0.15) is 22.8 Å². The third-order valence-electron chi connectivity index (χ3n) is 2.84. The molecule has 0 saturated heterocycles. The summed E-state index contributed by atoms with van der Waals surface area (Å²) in [7, 11) is -1.58. The highest BCUT2D eigenvalue weighted by molar-refractivity contribution is 7.88. The molecule has 21 heavy (non-hydrogen) atoms. The van der Waals surface area contributed by atoms with Crippen molar-refractivity contribution in [1.82, 2.24) is 15.0 Å². The lowest BCUT2D eigenvalue weighted by atomic mass is 10.1. The predicted molar refractivity (Wildman–Crippen MR) is 79.9 cm³/mol. The van der Waals surface area contributed by atoms with Gasteiger partial charge in [-0.3, -0.25) is 0 Å². The van der Waals surface area contributed by atoms with Crippen molar-refractivity contribution in [2.45, 2.75) is 25.8 Å². The molecule has 0 aliphatic rings. The van der Waals surface area contributed by atoms with Crippen molar-refractivity contribution in [2.24, 2.45) is 0 Å². The van der Waals surface area contributed by atoms with E-state index >= 15 is 0 Å². The van der Waals surface area contributed by atoms with E-state index in [4.69, 9.17) is 4.42 Å². The first-order valence-electron chi connectivity index (χ1n) is 6.59. The van der Waals surface area contributed by atoms with Crippen LogP contribution in [0.2, 0.25) is 0 Å². The molecule has 0 atom stereocenters. The Bertz CT molecular complexity index is 695. The van der Waals surface area contributed by atoms with Crippen LogP contribution in [0, 0.1) is 6.92 Å². The van der Waals surface area contributed by atoms with Crippen molar-refractivity contribution in [3.8, 4) is 0 Å². The molecule has 2 N–H and O–H groups in total. The molecule has 1 aromatic carbocycles. The maximum atomic E-state index is 12.1. The first kappa shape index (κ1) is 15.7. The predicted octanol–water partition coefficient (Wildman–Crippen LogP) is 1.32. The third-order valence-corrected chi connectivity index (χ3v) is 4.14. The van der Waals surface area contributed by atoms with E-state index < -0.39 is 10.0 Å². The Morgan fingerprint density at radius 3 is 2.67 bits per heavy atom. The summed E-state index contributed by atoms with van der Waals surface area (Å²) in [5.74, 6) is 0.952. The molecule has 1 heterocycles. The van der Waals surface area contributed by atoms with Crippen molar-refractivity contribution >= 4 is 10.0 Å². The van der Waals surface area contributed by atoms with E-state index in [9.17, 15) is 8.42 Å². The summed E-state index contributed by atoms with van der Waals surface area (Å²) >= 11 is 0. The smallest absolute Gasteiger partial charge is 0.216 e. The van der Waals surface area contributed by atoms with Crippen LogP contribution in [-0.2, 0) is 28.9 Å². The van der Waals surface area contributed by atoms with Crippen molar-refractivity contribution in [3.05, 3.63) is 53.2 Å². The van der Waals surface area contributed by atoms with Crippen molar-refractivity contribution in [3.63, 3.8) is 0 Å². The van der Waals surface area contributed by atoms with Crippen LogP contribution in [-0.4, -0.2) is 20.4 Å². The molecule has 0 bridgehead atoms. The van der Waals surface area contributed by atoms with Gasteiger partial charge < -0.3 is 9.73 Å². The largest absolute Gasteiger partial charge is 0.445 e. The van der Waals surface area contributed by atoms with Gasteiger partial charge in [-0.1, -0.05) is 24.3 Å². The first-order chi connectivity index (χ1) is 9.98. The number of nitrogens with one attached hydrogen (secondary N) is 2. The SMILES string of the molecule is CNCc1cccc(CS(=O)(=O)NCc2ncc(C)o2)c1. The van der Waals surface area contributed by atoms with Gasteiger partial charge in [0.05, 0.1) is 18.5 Å². The third kappa shape index (κ3) is 4.96. The van der Waals surface area contributed by atoms with Crippen LogP contribution in [0.15, 0.2) is 34.9 Å². The second-order valence-electron chi connectivity index (χ2n) is 4.80. The van der Waals surface area contributed by atoms with Gasteiger partial charge in [0.15, 0.2) is 0 Å². The zero-order valence-electron chi connectivity index (χ0n) is 12.1. The molecule has 114 valence electrons. The number of aromatic nitrogens is 1. The average Bonchev–Trinajstić information content (AvgIpc) is 2.83. The summed E-state index contributed by atoms with van der Waals surface area (Å²) in [4.78, 5) is 3.96. The molecule has 0 spiro atoms. The summed E-state index contributed by atoms with van der Waals surface area (Å²) < 4.78 is 31.8. The fraction of sp³-hybridized carbons (Fsp3) is 0.357. The standard InChI is InChI=1S/C14H19N3O3S/c1-11-7-16-14(20-11)9-17-21(18,19)10-13-5-3-4-12(6-13)8-15-2/h3-7,15,17H,8-10H2,1-2H3. The molecule has 0 aliphatic heterocycles. The number of nitrogens with zero attached hydrogens (tertiary/aromatic N) is 1. The molecule has 2 aromatic rings. The minimum Gasteiger partial charge on any atom is -0.445 e. The average molecular weight is 309 g/mol. The van der Waals surface area contributed by atoms with Crippen LogP contribution in [0.5, 0.6) is 0 Å². The van der Waals surface area contributed by atoms with Crippen LogP contribution < -0.4 is 10.0 Å². The molecular weight excluding hydrogens is 290 g/mol. The fourth-order valence-electron chi connectivity index (χ4n) is 1.96. The monoisotopic (exact) mass is 309 g/mol. The lowest BCUT2D eigenvalue weighted by molar-refractivity contribution is 0.463. The van der Waals surface area contributed by atoms with Gasteiger partial charge in [-0.15, -0.1) is 0 Å². The Kier molecular flexibility index (Phi) is 5.11. The number of benzene rings is 1. The van der Waals surface area contributed by atoms with Crippen LogP contribution >= 0.6 is 0 Å². The summed E-state index contributed by atoms with van der Waals surface area (Å²) in [6.45, 7) is 2.53. The number of aryl methyl sites for hydroxylation is 1. The minimum atomic E-state index is -3.43. The highest BCUT2D eigenvalue weighted by atomic mass is 32.2. The van der Waals surface area contributed by atoms with Gasteiger partial charge in [0.1, 0.15) is 5.76 Å². The molecule has 0 saturated carbocycles. The molecule has 1 aromatic heterocycles. The number of oxazole rings is 1. The van der Waals surface area contributed by atoms with Crippen molar-refractivity contribution < 1.29 is 12.8 Å². The Morgan fingerprint density at radius 2 is 2.00 bits per heavy atom. The molecular formula is C14H19N3O3S. The molecule has 2 rings (SSSR count). The Labute approximate surface area is 124 Å². The van der Waals surface area contributed by atoms with Gasteiger partial charge >= 0.3 is 0 Å². The molecule has 0 fully saturated rings. The van der Waals surface area contributed by atoms with E-state index in [1.807, 2.05) is 25.2 Å². The topological polar surface area (TPSA) is 84.2 Å².